The van der Waals surface area contributed by atoms with Gasteiger partial charge in [-0.3, -0.25) is 4.79 Å². The molecule has 1 aromatic carbocycles. The molecule has 1 aromatic rings. The molecule has 0 N–H and O–H groups in total. The molecule has 0 spiro atoms. The molecule has 0 aromatic heterocycles. The van der Waals surface area contributed by atoms with Crippen molar-refractivity contribution in [3.05, 3.63) is 35.9 Å². The molecule has 1 saturated carbocycles. The van der Waals surface area contributed by atoms with Gasteiger partial charge in [-0.05, 0) is 50.5 Å². The monoisotopic (exact) mass is 360 g/mol. The number of hydrogen-bond donors (Lipinski definition) is 0. The molecule has 0 heterocycles. The van der Waals surface area contributed by atoms with Crippen LogP contribution in [0.1, 0.15) is 78.2 Å². The number of rotatable bonds is 9. The van der Waals surface area contributed by atoms with E-state index in [2.05, 4.69) is 19.1 Å². The summed E-state index contributed by atoms with van der Waals surface area (Å²) < 4.78 is 11.9. The molecule has 3 nitrogen and oxygen atoms in total. The van der Waals surface area contributed by atoms with Crippen LogP contribution in [0.5, 0.6) is 0 Å². The standard InChI is InChI=1S/C23H36O3/c1-5-22(2,3)21(24)26-20(18-23(4)15-10-7-11-16-23)25-17-14-19-12-8-6-9-13-19/h6,8-9,12-13,20H,5,7,10-11,14-18H2,1-4H3. The van der Waals surface area contributed by atoms with Gasteiger partial charge in [0.15, 0.2) is 0 Å². The molecule has 0 saturated heterocycles. The van der Waals surface area contributed by atoms with Crippen molar-refractivity contribution < 1.29 is 14.3 Å². The van der Waals surface area contributed by atoms with Gasteiger partial charge in [-0.15, -0.1) is 0 Å². The Morgan fingerprint density at radius 1 is 1.15 bits per heavy atom. The first-order chi connectivity index (χ1) is 12.3. The van der Waals surface area contributed by atoms with Crippen molar-refractivity contribution in [2.75, 3.05) is 6.61 Å². The summed E-state index contributed by atoms with van der Waals surface area (Å²) in [5, 5.41) is 0. The van der Waals surface area contributed by atoms with Crippen LogP contribution >= 0.6 is 0 Å². The quantitative estimate of drug-likeness (QED) is 0.405. The highest BCUT2D eigenvalue weighted by molar-refractivity contribution is 5.75. The van der Waals surface area contributed by atoms with E-state index in [1.165, 1.54) is 37.7 Å². The Morgan fingerprint density at radius 3 is 2.42 bits per heavy atom. The molecule has 146 valence electrons. The van der Waals surface area contributed by atoms with Crippen molar-refractivity contribution in [1.29, 1.82) is 0 Å². The van der Waals surface area contributed by atoms with Crippen LogP contribution in [0.2, 0.25) is 0 Å². The van der Waals surface area contributed by atoms with Crippen molar-refractivity contribution in [2.45, 2.75) is 85.4 Å². The Morgan fingerprint density at radius 2 is 1.81 bits per heavy atom. The van der Waals surface area contributed by atoms with E-state index in [0.717, 1.165) is 19.3 Å². The minimum atomic E-state index is -0.464. The van der Waals surface area contributed by atoms with Gasteiger partial charge in [0, 0.05) is 6.42 Å². The van der Waals surface area contributed by atoms with Crippen LogP contribution in [0.4, 0.5) is 0 Å². The molecule has 3 heteroatoms. The summed E-state index contributed by atoms with van der Waals surface area (Å²) in [5.74, 6) is -0.149. The third kappa shape index (κ3) is 6.42. The Bertz CT molecular complexity index is 544. The molecule has 1 aliphatic rings. The van der Waals surface area contributed by atoms with Crippen LogP contribution < -0.4 is 0 Å². The molecule has 0 bridgehead atoms. The second-order valence-corrected chi connectivity index (χ2v) is 8.75. The van der Waals surface area contributed by atoms with E-state index < -0.39 is 11.7 Å². The largest absolute Gasteiger partial charge is 0.435 e. The number of esters is 1. The maximum atomic E-state index is 12.6. The number of benzene rings is 1. The molecule has 1 fully saturated rings. The lowest BCUT2D eigenvalue weighted by atomic mass is 9.73. The molecule has 26 heavy (non-hydrogen) atoms. The second kappa shape index (κ2) is 9.55. The second-order valence-electron chi connectivity index (χ2n) is 8.75. The maximum Gasteiger partial charge on any atom is 0.313 e. The summed E-state index contributed by atoms with van der Waals surface area (Å²) in [6.07, 6.45) is 8.19. The fraction of sp³-hybridized carbons (Fsp3) is 0.696. The Hall–Kier alpha value is -1.35. The fourth-order valence-electron chi connectivity index (χ4n) is 3.52. The van der Waals surface area contributed by atoms with Crippen LogP contribution in [0.25, 0.3) is 0 Å². The Balaban J connectivity index is 1.96. The average Bonchev–Trinajstić information content (AvgIpc) is 2.62. The van der Waals surface area contributed by atoms with Gasteiger partial charge < -0.3 is 9.47 Å². The van der Waals surface area contributed by atoms with Crippen molar-refractivity contribution in [3.8, 4) is 0 Å². The zero-order valence-electron chi connectivity index (χ0n) is 17.1. The van der Waals surface area contributed by atoms with Crippen molar-refractivity contribution in [2.24, 2.45) is 10.8 Å². The van der Waals surface area contributed by atoms with E-state index in [9.17, 15) is 4.79 Å². The van der Waals surface area contributed by atoms with Gasteiger partial charge in [0.25, 0.3) is 0 Å². The summed E-state index contributed by atoms with van der Waals surface area (Å²) >= 11 is 0. The van der Waals surface area contributed by atoms with Crippen LogP contribution in [0.15, 0.2) is 30.3 Å². The van der Waals surface area contributed by atoms with Gasteiger partial charge in [0.05, 0.1) is 12.0 Å². The highest BCUT2D eigenvalue weighted by atomic mass is 16.7. The Kier molecular flexibility index (Phi) is 7.69. The molecular formula is C23H36O3. The topological polar surface area (TPSA) is 35.5 Å². The average molecular weight is 361 g/mol. The first-order valence-corrected chi connectivity index (χ1v) is 10.2. The lowest BCUT2D eigenvalue weighted by Gasteiger charge is -2.37. The summed E-state index contributed by atoms with van der Waals surface area (Å²) in [6, 6.07) is 10.3. The predicted molar refractivity (Wildman–Crippen MR) is 106 cm³/mol. The van der Waals surface area contributed by atoms with Gasteiger partial charge in [-0.1, -0.05) is 63.4 Å². The zero-order chi connectivity index (χ0) is 19.0. The number of carbonyl (C=O) groups is 1. The van der Waals surface area contributed by atoms with Crippen LogP contribution in [0, 0.1) is 10.8 Å². The molecule has 2 rings (SSSR count). The van der Waals surface area contributed by atoms with Gasteiger partial charge in [-0.2, -0.15) is 0 Å². The van der Waals surface area contributed by atoms with E-state index in [1.807, 2.05) is 39.0 Å². The number of hydrogen-bond acceptors (Lipinski definition) is 3. The summed E-state index contributed by atoms with van der Waals surface area (Å²) in [7, 11) is 0. The van der Waals surface area contributed by atoms with Crippen molar-refractivity contribution >= 4 is 5.97 Å². The molecule has 0 aliphatic heterocycles. The molecule has 0 radical (unpaired) electrons. The normalized spacial score (nSPS) is 18.3. The van der Waals surface area contributed by atoms with E-state index in [-0.39, 0.29) is 11.4 Å². The van der Waals surface area contributed by atoms with Crippen molar-refractivity contribution in [3.63, 3.8) is 0 Å². The van der Waals surface area contributed by atoms with Crippen molar-refractivity contribution in [1.82, 2.24) is 0 Å². The molecule has 0 amide bonds. The maximum absolute atomic E-state index is 12.6. The number of carbonyl (C=O) groups excluding carboxylic acids is 1. The third-order valence-corrected chi connectivity index (χ3v) is 5.93. The van der Waals surface area contributed by atoms with Gasteiger partial charge in [0.1, 0.15) is 0 Å². The lowest BCUT2D eigenvalue weighted by molar-refractivity contribution is -0.195. The molecule has 1 aliphatic carbocycles. The van der Waals surface area contributed by atoms with Gasteiger partial charge >= 0.3 is 5.97 Å². The molecule has 1 atom stereocenters. The third-order valence-electron chi connectivity index (χ3n) is 5.93. The fourth-order valence-corrected chi connectivity index (χ4v) is 3.52. The summed E-state index contributed by atoms with van der Waals surface area (Å²) in [5.41, 5.74) is 0.996. The van der Waals surface area contributed by atoms with E-state index in [1.54, 1.807) is 0 Å². The van der Waals surface area contributed by atoms with E-state index >= 15 is 0 Å². The van der Waals surface area contributed by atoms with E-state index in [0.29, 0.717) is 6.61 Å². The highest BCUT2D eigenvalue weighted by Gasteiger charge is 2.35. The van der Waals surface area contributed by atoms with Gasteiger partial charge in [-0.25, -0.2) is 0 Å². The van der Waals surface area contributed by atoms with E-state index in [4.69, 9.17) is 9.47 Å². The minimum absolute atomic E-state index is 0.149. The Labute approximate surface area is 159 Å². The summed E-state index contributed by atoms with van der Waals surface area (Å²) in [6.45, 7) is 8.80. The smallest absolute Gasteiger partial charge is 0.313 e. The van der Waals surface area contributed by atoms with Gasteiger partial charge in [0.2, 0.25) is 6.29 Å². The minimum Gasteiger partial charge on any atom is -0.435 e. The predicted octanol–water partition coefficient (Wildman–Crippen LogP) is 5.91. The van der Waals surface area contributed by atoms with Crippen LogP contribution in [0.3, 0.4) is 0 Å². The van der Waals surface area contributed by atoms with Crippen LogP contribution in [-0.2, 0) is 20.7 Å². The first-order valence-electron chi connectivity index (χ1n) is 10.2. The lowest BCUT2D eigenvalue weighted by Crippen LogP contribution is -2.35. The molecule has 1 unspecified atom stereocenters. The number of ether oxygens (including phenoxy) is 2. The SMILES string of the molecule is CCC(C)(C)C(=O)OC(CC1(C)CCCCC1)OCCc1ccccc1. The molecular weight excluding hydrogens is 324 g/mol. The van der Waals surface area contributed by atoms with Crippen LogP contribution in [-0.4, -0.2) is 18.9 Å². The zero-order valence-corrected chi connectivity index (χ0v) is 17.1. The first kappa shape index (κ1) is 21.0. The highest BCUT2D eigenvalue weighted by Crippen LogP contribution is 2.40. The summed E-state index contributed by atoms with van der Waals surface area (Å²) in [4.78, 5) is 12.6.